The van der Waals surface area contributed by atoms with Crippen LogP contribution in [-0.2, 0) is 7.05 Å². The van der Waals surface area contributed by atoms with Crippen LogP contribution in [0.3, 0.4) is 0 Å². The first-order valence-electron chi connectivity index (χ1n) is 10.2. The molecule has 4 rings (SSSR count). The topological polar surface area (TPSA) is 89.8 Å². The number of pyridine rings is 1. The second-order valence-corrected chi connectivity index (χ2v) is 8.45. The Balaban J connectivity index is 1.60. The summed E-state index contributed by atoms with van der Waals surface area (Å²) in [5, 5.41) is 7.63. The average Bonchev–Trinajstić information content (AvgIpc) is 3.19. The van der Waals surface area contributed by atoms with Gasteiger partial charge in [-0.2, -0.15) is 5.10 Å². The summed E-state index contributed by atoms with van der Waals surface area (Å²) in [5.74, 6) is 5.78. The van der Waals surface area contributed by atoms with Crippen LogP contribution in [0.5, 0.6) is 0 Å². The van der Waals surface area contributed by atoms with Crippen LogP contribution in [0.25, 0.3) is 10.6 Å². The molecular formula is C25H21N5O2S. The lowest BCUT2D eigenvalue weighted by molar-refractivity contribution is 0.103. The number of carbonyl (C=O) groups excluding carboxylic acids is 1. The first kappa shape index (κ1) is 22.1. The van der Waals surface area contributed by atoms with Crippen LogP contribution in [0.4, 0.5) is 5.69 Å². The Hall–Kier alpha value is -4.09. The fourth-order valence-corrected chi connectivity index (χ4v) is 4.31. The summed E-state index contributed by atoms with van der Waals surface area (Å²) in [7, 11) is 1.61. The molecular weight excluding hydrogens is 434 g/mol. The maximum absolute atomic E-state index is 13.0. The smallest absolute Gasteiger partial charge is 0.277 e. The summed E-state index contributed by atoms with van der Waals surface area (Å²) in [6.07, 6.45) is 1.69. The van der Waals surface area contributed by atoms with Gasteiger partial charge >= 0.3 is 0 Å². The fraction of sp³-hybridized carbons (Fsp3) is 0.160. The molecule has 0 spiro atoms. The second-order valence-electron chi connectivity index (χ2n) is 7.45. The van der Waals surface area contributed by atoms with E-state index in [1.807, 2.05) is 44.2 Å². The summed E-state index contributed by atoms with van der Waals surface area (Å²) >= 11 is 1.20. The van der Waals surface area contributed by atoms with Gasteiger partial charge in [0, 0.05) is 24.5 Å². The van der Waals surface area contributed by atoms with E-state index in [9.17, 15) is 9.59 Å². The molecule has 33 heavy (non-hydrogen) atoms. The highest BCUT2D eigenvalue weighted by Crippen LogP contribution is 2.29. The highest BCUT2D eigenvalue weighted by Gasteiger charge is 2.21. The van der Waals surface area contributed by atoms with Gasteiger partial charge in [0.25, 0.3) is 11.5 Å². The standard InChI is InChI=1S/C25H21N5O2S/c1-15-16(2)29-30(4)25(32)21(15)24-27-17(3)22(33-24)23(31)28-20-10-7-8-18(14-20)11-12-19-9-5-6-13-26-19/h5-10,13-14H,1-4H3,(H,28,31). The van der Waals surface area contributed by atoms with Gasteiger partial charge in [0.2, 0.25) is 0 Å². The van der Waals surface area contributed by atoms with Crippen molar-refractivity contribution >= 4 is 22.9 Å². The number of aryl methyl sites for hydroxylation is 3. The van der Waals surface area contributed by atoms with Gasteiger partial charge in [0.15, 0.2) is 0 Å². The molecule has 164 valence electrons. The van der Waals surface area contributed by atoms with E-state index in [2.05, 4.69) is 32.2 Å². The van der Waals surface area contributed by atoms with Crippen LogP contribution >= 0.6 is 11.3 Å². The molecule has 7 nitrogen and oxygen atoms in total. The third-order valence-electron chi connectivity index (χ3n) is 5.06. The van der Waals surface area contributed by atoms with Crippen molar-refractivity contribution in [2.75, 3.05) is 5.32 Å². The Morgan fingerprint density at radius 3 is 2.64 bits per heavy atom. The highest BCUT2D eigenvalue weighted by atomic mass is 32.1. The van der Waals surface area contributed by atoms with E-state index in [1.165, 1.54) is 16.0 Å². The Labute approximate surface area is 195 Å². The summed E-state index contributed by atoms with van der Waals surface area (Å²) in [6, 6.07) is 12.8. The number of carbonyl (C=O) groups is 1. The molecule has 8 heteroatoms. The zero-order valence-electron chi connectivity index (χ0n) is 18.6. The van der Waals surface area contributed by atoms with Gasteiger partial charge in [0.05, 0.1) is 17.0 Å². The lowest BCUT2D eigenvalue weighted by Crippen LogP contribution is -2.23. The largest absolute Gasteiger partial charge is 0.321 e. The lowest BCUT2D eigenvalue weighted by Gasteiger charge is -2.07. The van der Waals surface area contributed by atoms with E-state index < -0.39 is 0 Å². The van der Waals surface area contributed by atoms with E-state index in [0.717, 1.165) is 16.8 Å². The van der Waals surface area contributed by atoms with Crippen LogP contribution in [0, 0.1) is 32.6 Å². The number of anilines is 1. The number of nitrogens with one attached hydrogen (secondary N) is 1. The Morgan fingerprint density at radius 1 is 1.06 bits per heavy atom. The molecule has 1 N–H and O–H groups in total. The van der Waals surface area contributed by atoms with Crippen molar-refractivity contribution in [1.29, 1.82) is 0 Å². The second kappa shape index (κ2) is 9.18. The van der Waals surface area contributed by atoms with Crippen molar-refractivity contribution in [3.05, 3.63) is 92.1 Å². The number of aromatic nitrogens is 4. The van der Waals surface area contributed by atoms with E-state index in [1.54, 1.807) is 32.3 Å². The number of amides is 1. The molecule has 1 amide bonds. The number of benzene rings is 1. The molecule has 3 heterocycles. The van der Waals surface area contributed by atoms with Gasteiger partial charge in [-0.15, -0.1) is 11.3 Å². The number of hydrogen-bond donors (Lipinski definition) is 1. The van der Waals surface area contributed by atoms with Crippen molar-refractivity contribution in [3.8, 4) is 22.4 Å². The third kappa shape index (κ3) is 4.73. The monoisotopic (exact) mass is 455 g/mol. The van der Waals surface area contributed by atoms with Gasteiger partial charge in [0.1, 0.15) is 15.6 Å². The maximum Gasteiger partial charge on any atom is 0.277 e. The highest BCUT2D eigenvalue weighted by molar-refractivity contribution is 7.17. The molecule has 0 aliphatic rings. The molecule has 1 aromatic carbocycles. The minimum absolute atomic E-state index is 0.238. The number of thiazole rings is 1. The number of rotatable bonds is 3. The summed E-state index contributed by atoms with van der Waals surface area (Å²) < 4.78 is 1.30. The fourth-order valence-electron chi connectivity index (χ4n) is 3.25. The van der Waals surface area contributed by atoms with Gasteiger partial charge in [-0.1, -0.05) is 18.1 Å². The zero-order valence-corrected chi connectivity index (χ0v) is 19.4. The average molecular weight is 456 g/mol. The molecule has 0 bridgehead atoms. The molecule has 4 aromatic rings. The van der Waals surface area contributed by atoms with E-state index >= 15 is 0 Å². The normalized spacial score (nSPS) is 10.4. The van der Waals surface area contributed by atoms with Crippen molar-refractivity contribution in [2.45, 2.75) is 20.8 Å². The van der Waals surface area contributed by atoms with Gasteiger partial charge in [-0.05, 0) is 62.6 Å². The molecule has 0 aliphatic heterocycles. The van der Waals surface area contributed by atoms with Gasteiger partial charge in [-0.3, -0.25) is 9.59 Å². The van der Waals surface area contributed by atoms with Crippen LogP contribution in [0.15, 0.2) is 53.5 Å². The van der Waals surface area contributed by atoms with Crippen LogP contribution < -0.4 is 10.9 Å². The number of nitrogens with zero attached hydrogens (tertiary/aromatic N) is 4. The third-order valence-corrected chi connectivity index (χ3v) is 6.24. The molecule has 0 fully saturated rings. The minimum Gasteiger partial charge on any atom is -0.321 e. The van der Waals surface area contributed by atoms with E-state index in [0.29, 0.717) is 32.5 Å². The van der Waals surface area contributed by atoms with E-state index in [4.69, 9.17) is 0 Å². The van der Waals surface area contributed by atoms with Crippen LogP contribution in [0.1, 0.15) is 37.9 Å². The van der Waals surface area contributed by atoms with Crippen molar-refractivity contribution in [1.82, 2.24) is 19.7 Å². The van der Waals surface area contributed by atoms with Gasteiger partial charge in [-0.25, -0.2) is 14.6 Å². The molecule has 0 aliphatic carbocycles. The molecule has 3 aromatic heterocycles. The summed E-state index contributed by atoms with van der Waals surface area (Å²) in [4.78, 5) is 34.8. The molecule has 0 saturated heterocycles. The Kier molecular flexibility index (Phi) is 6.16. The zero-order chi connectivity index (χ0) is 23.5. The SMILES string of the molecule is Cc1nc(-c2c(C)c(C)nn(C)c2=O)sc1C(=O)Nc1cccc(C#Cc2ccccn2)c1. The minimum atomic E-state index is -0.286. The number of hydrogen-bond acceptors (Lipinski definition) is 6. The van der Waals surface area contributed by atoms with Crippen molar-refractivity contribution in [2.24, 2.45) is 7.05 Å². The predicted octanol–water partition coefficient (Wildman–Crippen LogP) is 3.88. The molecule has 0 saturated carbocycles. The summed E-state index contributed by atoms with van der Waals surface area (Å²) in [5.41, 5.74) is 4.36. The predicted molar refractivity (Wildman–Crippen MR) is 129 cm³/mol. The first-order valence-corrected chi connectivity index (χ1v) is 11.0. The maximum atomic E-state index is 13.0. The first-order chi connectivity index (χ1) is 15.8. The summed E-state index contributed by atoms with van der Waals surface area (Å²) in [6.45, 7) is 5.45. The Bertz CT molecular complexity index is 1480. The van der Waals surface area contributed by atoms with Gasteiger partial charge < -0.3 is 5.32 Å². The van der Waals surface area contributed by atoms with Crippen LogP contribution in [0.2, 0.25) is 0 Å². The lowest BCUT2D eigenvalue weighted by atomic mass is 10.1. The van der Waals surface area contributed by atoms with Crippen molar-refractivity contribution < 1.29 is 4.79 Å². The quantitative estimate of drug-likeness (QED) is 0.474. The molecule has 0 atom stereocenters. The Morgan fingerprint density at radius 2 is 1.88 bits per heavy atom. The molecule has 0 radical (unpaired) electrons. The molecule has 0 unspecified atom stereocenters. The van der Waals surface area contributed by atoms with Crippen LogP contribution in [-0.4, -0.2) is 25.7 Å². The van der Waals surface area contributed by atoms with Crippen molar-refractivity contribution in [3.63, 3.8) is 0 Å². The van der Waals surface area contributed by atoms with E-state index in [-0.39, 0.29) is 11.5 Å².